The number of nitrogens with zero attached hydrogens (tertiary/aromatic N) is 2. The molecule has 0 saturated heterocycles. The van der Waals surface area contributed by atoms with E-state index < -0.39 is 20.5 Å². The molecule has 1 aromatic carbocycles. The second-order valence-electron chi connectivity index (χ2n) is 4.18. The summed E-state index contributed by atoms with van der Waals surface area (Å²) < 4.78 is 24.9. The average Bonchev–Trinajstić information content (AvgIpc) is 2.41. The Bertz CT molecular complexity index is 808. The van der Waals surface area contributed by atoms with Gasteiger partial charge in [-0.1, -0.05) is 12.1 Å². The van der Waals surface area contributed by atoms with Gasteiger partial charge in [-0.3, -0.25) is 15.1 Å². The summed E-state index contributed by atoms with van der Waals surface area (Å²) in [6.07, 6.45) is 2.57. The zero-order chi connectivity index (χ0) is 15.6. The molecular formula is C12H10BrN3O4S. The molecular weight excluding hydrogens is 362 g/mol. The van der Waals surface area contributed by atoms with Crippen molar-refractivity contribution in [1.82, 2.24) is 4.98 Å². The summed E-state index contributed by atoms with van der Waals surface area (Å²) in [5.74, 6) is -0.399. The molecule has 0 saturated carbocycles. The first-order valence-electron chi connectivity index (χ1n) is 5.67. The Labute approximate surface area is 129 Å². The smallest absolute Gasteiger partial charge is 0.283 e. The van der Waals surface area contributed by atoms with E-state index in [4.69, 9.17) is 5.73 Å². The maximum absolute atomic E-state index is 12.4. The van der Waals surface area contributed by atoms with Crippen LogP contribution in [0.2, 0.25) is 0 Å². The van der Waals surface area contributed by atoms with Crippen LogP contribution in [-0.2, 0) is 15.6 Å². The van der Waals surface area contributed by atoms with E-state index in [0.29, 0.717) is 5.56 Å². The number of hydrogen-bond acceptors (Lipinski definition) is 6. The second-order valence-corrected chi connectivity index (χ2v) is 6.93. The molecule has 0 bridgehead atoms. The van der Waals surface area contributed by atoms with Gasteiger partial charge in [0.1, 0.15) is 0 Å². The molecule has 21 heavy (non-hydrogen) atoms. The van der Waals surface area contributed by atoms with Crippen molar-refractivity contribution in [2.75, 3.05) is 5.73 Å². The summed E-state index contributed by atoms with van der Waals surface area (Å²) in [6.45, 7) is 0. The molecule has 0 fully saturated rings. The molecule has 0 aliphatic carbocycles. The molecule has 1 heterocycles. The van der Waals surface area contributed by atoms with Crippen LogP contribution in [-0.4, -0.2) is 18.3 Å². The normalized spacial score (nSPS) is 11.3. The zero-order valence-corrected chi connectivity index (χ0v) is 13.0. The molecule has 2 aromatic rings. The number of halogens is 1. The van der Waals surface area contributed by atoms with Crippen LogP contribution in [0.15, 0.2) is 46.0 Å². The molecule has 9 heteroatoms. The summed E-state index contributed by atoms with van der Waals surface area (Å²) in [5.41, 5.74) is 5.76. The summed E-state index contributed by atoms with van der Waals surface area (Å²) >= 11 is 3.08. The Morgan fingerprint density at radius 1 is 1.33 bits per heavy atom. The number of hydrogen-bond donors (Lipinski definition) is 1. The summed E-state index contributed by atoms with van der Waals surface area (Å²) in [5, 5.41) is 10.9. The standard InChI is InChI=1S/C12H10BrN3O4S/c13-12-8(2-1-3-10(12)16(17)18)7-21(19,20)11-4-5-15-6-9(11)14/h1-6H,7,14H2. The molecule has 0 atom stereocenters. The summed E-state index contributed by atoms with van der Waals surface area (Å²) in [6, 6.07) is 5.53. The largest absolute Gasteiger partial charge is 0.396 e. The third-order valence-electron chi connectivity index (χ3n) is 2.75. The first-order valence-corrected chi connectivity index (χ1v) is 8.11. The topological polar surface area (TPSA) is 116 Å². The number of nitro groups is 1. The first kappa shape index (κ1) is 15.4. The summed E-state index contributed by atoms with van der Waals surface area (Å²) in [4.78, 5) is 14.0. The van der Waals surface area contributed by atoms with Crippen molar-refractivity contribution >= 4 is 37.1 Å². The quantitative estimate of drug-likeness (QED) is 0.650. The fraction of sp³-hybridized carbons (Fsp3) is 0.0833. The number of nitrogen functional groups attached to an aromatic ring is 1. The van der Waals surface area contributed by atoms with Crippen LogP contribution in [0.1, 0.15) is 5.56 Å². The van der Waals surface area contributed by atoms with Crippen LogP contribution < -0.4 is 5.73 Å². The maximum atomic E-state index is 12.4. The Morgan fingerprint density at radius 2 is 2.05 bits per heavy atom. The molecule has 0 aliphatic rings. The highest BCUT2D eigenvalue weighted by Gasteiger charge is 2.22. The number of aromatic nitrogens is 1. The van der Waals surface area contributed by atoms with Crippen molar-refractivity contribution in [3.63, 3.8) is 0 Å². The van der Waals surface area contributed by atoms with Crippen LogP contribution in [0.4, 0.5) is 11.4 Å². The Morgan fingerprint density at radius 3 is 2.67 bits per heavy atom. The highest BCUT2D eigenvalue weighted by molar-refractivity contribution is 9.10. The molecule has 0 spiro atoms. The Balaban J connectivity index is 2.45. The van der Waals surface area contributed by atoms with Gasteiger partial charge in [0.25, 0.3) is 5.69 Å². The predicted octanol–water partition coefficient (Wildman–Crippen LogP) is 2.31. The van der Waals surface area contributed by atoms with E-state index >= 15 is 0 Å². The minimum Gasteiger partial charge on any atom is -0.396 e. The number of nitro benzene ring substituents is 1. The number of sulfone groups is 1. The van der Waals surface area contributed by atoms with E-state index in [0.717, 1.165) is 0 Å². The van der Waals surface area contributed by atoms with Gasteiger partial charge in [0, 0.05) is 12.3 Å². The Hall–Kier alpha value is -2.00. The number of pyridine rings is 1. The van der Waals surface area contributed by atoms with E-state index in [2.05, 4.69) is 20.9 Å². The van der Waals surface area contributed by atoms with Crippen LogP contribution in [0.5, 0.6) is 0 Å². The third kappa shape index (κ3) is 3.19. The van der Waals surface area contributed by atoms with Crippen LogP contribution in [0, 0.1) is 10.1 Å². The molecule has 0 amide bonds. The number of benzene rings is 1. The third-order valence-corrected chi connectivity index (χ3v) is 5.39. The van der Waals surface area contributed by atoms with Crippen LogP contribution >= 0.6 is 15.9 Å². The minimum absolute atomic E-state index is 0.0408. The molecule has 0 radical (unpaired) electrons. The van der Waals surface area contributed by atoms with E-state index in [9.17, 15) is 18.5 Å². The van der Waals surface area contributed by atoms with Crippen LogP contribution in [0.3, 0.4) is 0 Å². The van der Waals surface area contributed by atoms with E-state index in [1.165, 1.54) is 36.7 Å². The van der Waals surface area contributed by atoms with Gasteiger partial charge in [-0.2, -0.15) is 0 Å². The predicted molar refractivity (Wildman–Crippen MR) is 80.3 cm³/mol. The lowest BCUT2D eigenvalue weighted by molar-refractivity contribution is -0.385. The lowest BCUT2D eigenvalue weighted by Gasteiger charge is -2.08. The van der Waals surface area contributed by atoms with Gasteiger partial charge in [0.2, 0.25) is 0 Å². The lowest BCUT2D eigenvalue weighted by atomic mass is 10.2. The van der Waals surface area contributed by atoms with Crippen molar-refractivity contribution in [3.8, 4) is 0 Å². The van der Waals surface area contributed by atoms with E-state index in [-0.39, 0.29) is 20.7 Å². The molecule has 7 nitrogen and oxygen atoms in total. The van der Waals surface area contributed by atoms with Gasteiger partial charge in [0.05, 0.1) is 31.9 Å². The molecule has 1 aromatic heterocycles. The fourth-order valence-electron chi connectivity index (χ4n) is 1.78. The van der Waals surface area contributed by atoms with Crippen molar-refractivity contribution in [2.24, 2.45) is 0 Å². The van der Waals surface area contributed by atoms with Crippen molar-refractivity contribution < 1.29 is 13.3 Å². The van der Waals surface area contributed by atoms with Gasteiger partial charge < -0.3 is 5.73 Å². The first-order chi connectivity index (χ1) is 9.83. The van der Waals surface area contributed by atoms with Crippen molar-refractivity contribution in [2.45, 2.75) is 10.6 Å². The van der Waals surface area contributed by atoms with Gasteiger partial charge >= 0.3 is 0 Å². The van der Waals surface area contributed by atoms with E-state index in [1.807, 2.05) is 0 Å². The average molecular weight is 372 g/mol. The van der Waals surface area contributed by atoms with Gasteiger partial charge in [-0.05, 0) is 27.6 Å². The highest BCUT2D eigenvalue weighted by Crippen LogP contribution is 2.31. The van der Waals surface area contributed by atoms with Gasteiger partial charge in [-0.25, -0.2) is 8.42 Å². The van der Waals surface area contributed by atoms with Crippen molar-refractivity contribution in [3.05, 3.63) is 56.8 Å². The van der Waals surface area contributed by atoms with Crippen molar-refractivity contribution in [1.29, 1.82) is 0 Å². The Kier molecular flexibility index (Phi) is 4.24. The minimum atomic E-state index is -3.73. The molecule has 0 aliphatic heterocycles. The van der Waals surface area contributed by atoms with Gasteiger partial charge in [0.15, 0.2) is 9.84 Å². The second kappa shape index (κ2) is 5.78. The SMILES string of the molecule is Nc1cnccc1S(=O)(=O)Cc1cccc([N+](=O)[O-])c1Br. The molecule has 110 valence electrons. The van der Waals surface area contributed by atoms with Gasteiger partial charge in [-0.15, -0.1) is 0 Å². The zero-order valence-electron chi connectivity index (χ0n) is 10.6. The number of anilines is 1. The fourth-order valence-corrected chi connectivity index (χ4v) is 4.00. The molecule has 0 unspecified atom stereocenters. The monoisotopic (exact) mass is 371 g/mol. The summed E-state index contributed by atoms with van der Waals surface area (Å²) in [7, 11) is -3.73. The molecule has 2 rings (SSSR count). The number of nitrogens with two attached hydrogens (primary N) is 1. The maximum Gasteiger partial charge on any atom is 0.283 e. The molecule has 2 N–H and O–H groups in total. The highest BCUT2D eigenvalue weighted by atomic mass is 79.9. The van der Waals surface area contributed by atoms with Crippen LogP contribution in [0.25, 0.3) is 0 Å². The lowest BCUT2D eigenvalue weighted by Crippen LogP contribution is -2.09. The van der Waals surface area contributed by atoms with E-state index in [1.54, 1.807) is 0 Å². The number of rotatable bonds is 4.